The molecule has 0 spiro atoms. The summed E-state index contributed by atoms with van der Waals surface area (Å²) < 4.78 is 78.0. The van der Waals surface area contributed by atoms with Crippen molar-refractivity contribution in [3.05, 3.63) is 114 Å². The Kier molecular flexibility index (Phi) is 35.4. The maximum absolute atomic E-state index is 13.5. The van der Waals surface area contributed by atoms with Crippen LogP contribution in [0.2, 0.25) is 0 Å². The zero-order chi connectivity index (χ0) is 104. The molecule has 4 aliphatic heterocycles. The van der Waals surface area contributed by atoms with E-state index in [2.05, 4.69) is 124 Å². The zero-order valence-electron chi connectivity index (χ0n) is 84.4. The van der Waals surface area contributed by atoms with Crippen LogP contribution in [0.3, 0.4) is 0 Å². The lowest BCUT2D eigenvalue weighted by Gasteiger charge is -2.26. The summed E-state index contributed by atoms with van der Waals surface area (Å²) in [6.07, 6.45) is 4.02. The Morgan fingerprint density at radius 1 is 0.367 bits per heavy atom. The molecule has 12 N–H and O–H groups in total. The third kappa shape index (κ3) is 29.8. The summed E-state index contributed by atoms with van der Waals surface area (Å²) in [5.41, 5.74) is -2.18. The van der Waals surface area contributed by atoms with Crippen molar-refractivity contribution in [3.8, 4) is 41.8 Å². The van der Waals surface area contributed by atoms with Gasteiger partial charge in [0.05, 0.1) is 49.8 Å². The van der Waals surface area contributed by atoms with Gasteiger partial charge in [0.25, 0.3) is 47.3 Å². The first-order valence-corrected chi connectivity index (χ1v) is 49.7. The summed E-state index contributed by atoms with van der Waals surface area (Å²) in [5.74, 6) is -0.873. The van der Waals surface area contributed by atoms with E-state index in [9.17, 15) is 85.1 Å². The van der Waals surface area contributed by atoms with Crippen molar-refractivity contribution in [1.82, 2.24) is 80.7 Å². The van der Waals surface area contributed by atoms with E-state index in [0.29, 0.717) is 82.3 Å². The second-order valence-electron chi connectivity index (χ2n) is 42.0. The van der Waals surface area contributed by atoms with Gasteiger partial charge in [0.15, 0.2) is 31.2 Å². The van der Waals surface area contributed by atoms with Crippen molar-refractivity contribution < 1.29 is 85.1 Å². The average Bonchev–Trinajstić information content (AvgIpc) is 1.65. The number of nitrogens with one attached hydrogen (secondary N) is 8. The second kappa shape index (κ2) is 43.9. The summed E-state index contributed by atoms with van der Waals surface area (Å²) in [6, 6.07) is 7.33. The first kappa shape index (κ1) is 112. The molecule has 12 heterocycles. The molecule has 4 saturated heterocycles. The number of halogens is 6. The first-order valence-electron chi connectivity index (χ1n) is 46.4. The minimum absolute atomic E-state index is 0.00351. The summed E-state index contributed by atoms with van der Waals surface area (Å²) in [6.45, 7) is 49.8. The van der Waals surface area contributed by atoms with Gasteiger partial charge in [0.2, 0.25) is 0 Å². The Bertz CT molecular complexity index is 5590. The number of carbonyl (C=O) groups excluding carboxylic acids is 8. The Labute approximate surface area is 825 Å². The predicted octanol–water partition coefficient (Wildman–Crippen LogP) is 16.9. The predicted molar refractivity (Wildman–Crippen MR) is 533 cm³/mol. The van der Waals surface area contributed by atoms with E-state index >= 15 is 0 Å². The van der Waals surface area contributed by atoms with Gasteiger partial charge in [-0.15, -0.1) is 45.3 Å². The quantitative estimate of drug-likeness (QED) is 0.0250. The topological polar surface area (TPSA) is 430 Å². The van der Waals surface area contributed by atoms with E-state index < -0.39 is 77.5 Å². The SMILES string of the molecule is Cc1cc(NC(C)(C)C)ncc1-c1sc(C(=O)NCC(C)(C)O)nc1C(=O)N1CCC[C@@H]1C.Cc1cc(NC(C)(C)C)ncc1-c1sc(C(=O)NCC(C)(O)C(F)(F)F)nc1C(=O)N1CCC[C@@H]1C.Cc1cc(NC(C)(C)C)ncc1-c1sc(C(=O)NCC(C)(O)C(F)(F)F)nc1C(=O)N1CCC[C@@H]1C.Cc1cc(NC(C)(C)C)ncc1-c1sc(C(=O)N[C@@H](C)C(C)(C)O)nc1C(=O)N1CCC[C@@H]1C. The average molecular weight is 2020 g/mol. The van der Waals surface area contributed by atoms with Crippen LogP contribution in [-0.2, 0) is 0 Å². The van der Waals surface area contributed by atoms with Crippen LogP contribution in [0, 0.1) is 27.7 Å². The van der Waals surface area contributed by atoms with Crippen molar-refractivity contribution in [2.24, 2.45) is 0 Å². The second-order valence-corrected chi connectivity index (χ2v) is 46.0. The van der Waals surface area contributed by atoms with Gasteiger partial charge in [-0.05, 0) is 285 Å². The Morgan fingerprint density at radius 3 is 0.763 bits per heavy atom. The number of carbonyl (C=O) groups is 8. The fourth-order valence-electron chi connectivity index (χ4n) is 15.1. The van der Waals surface area contributed by atoms with Gasteiger partial charge in [-0.2, -0.15) is 26.3 Å². The molecule has 32 nitrogen and oxygen atoms in total. The molecule has 7 atom stereocenters. The lowest BCUT2D eigenvalue weighted by Crippen LogP contribution is -2.51. The minimum atomic E-state index is -4.92. The van der Waals surface area contributed by atoms with Crippen molar-refractivity contribution in [1.29, 1.82) is 0 Å². The molecular weight excluding hydrogens is 1880 g/mol. The molecule has 12 rings (SSSR count). The molecule has 8 aromatic rings. The molecule has 8 aromatic heterocycles. The van der Waals surface area contributed by atoms with Crippen LogP contribution in [0.25, 0.3) is 41.8 Å². The number of rotatable bonds is 24. The van der Waals surface area contributed by atoms with E-state index in [-0.39, 0.29) is 119 Å². The normalized spacial score (nSPS) is 17.7. The van der Waals surface area contributed by atoms with Crippen LogP contribution < -0.4 is 42.5 Å². The Balaban J connectivity index is 0.000000207. The number of hydrogen-bond donors (Lipinski definition) is 12. The standard InChI is InChI=1S/C25H37N5O3S.2C24H32F3N5O3S.C24H35N5O3S/c1-14-12-18(29-24(4,5)6)26-13-17(14)20-19(23(32)30-11-9-10-15(30)2)28-22(34-20)21(31)27-16(3)25(7,8)33;2*1-13-10-16(31-22(3,4)5)28-11-15(13)18-17(21(34)32-9-7-8-14(32)2)30-20(36-18)19(33)29-12-23(6,35)24(25,26)27;1-14-11-17(28-23(3,4)5)25-12-16(14)19-18(22(31)29-10-8-9-15(29)2)27-21(33-19)20(30)26-13-24(6,7)32/h12-13,15-16,33H,9-11H2,1-8H3,(H,26,29)(H,27,31);2*10-11,14,35H,7-9,12H2,1-6H3,(H,28,31)(H,29,33);11-12,15,32H,8-10,13H2,1-7H3,(H,25,28)(H,26,30)/t15-,16-;2*14-,23?;15-/m0000/s1. The molecule has 0 bridgehead atoms. The molecule has 4 fully saturated rings. The highest BCUT2D eigenvalue weighted by molar-refractivity contribution is 7.18. The number of pyridine rings is 4. The van der Waals surface area contributed by atoms with Gasteiger partial charge in [-0.3, -0.25) is 38.4 Å². The van der Waals surface area contributed by atoms with Crippen LogP contribution >= 0.6 is 45.3 Å². The van der Waals surface area contributed by atoms with Gasteiger partial charge < -0.3 is 82.6 Å². The molecule has 0 aromatic carbocycles. The smallest absolute Gasteiger partial charge is 0.389 e. The lowest BCUT2D eigenvalue weighted by molar-refractivity contribution is -0.249. The number of likely N-dealkylation sites (tertiary alicyclic amines) is 4. The van der Waals surface area contributed by atoms with E-state index in [4.69, 9.17) is 0 Å². The summed E-state index contributed by atoms with van der Waals surface area (Å²) >= 11 is 4.17. The highest BCUT2D eigenvalue weighted by atomic mass is 32.1. The van der Waals surface area contributed by atoms with Crippen molar-refractivity contribution >= 4 is 116 Å². The molecule has 0 radical (unpaired) electrons. The minimum Gasteiger partial charge on any atom is -0.389 e. The van der Waals surface area contributed by atoms with Crippen LogP contribution in [0.4, 0.5) is 49.6 Å². The van der Waals surface area contributed by atoms with E-state index in [1.807, 2.05) is 131 Å². The van der Waals surface area contributed by atoms with E-state index in [1.165, 1.54) is 22.7 Å². The van der Waals surface area contributed by atoms with Crippen LogP contribution in [0.1, 0.15) is 314 Å². The summed E-state index contributed by atoms with van der Waals surface area (Å²) in [7, 11) is 0. The largest absolute Gasteiger partial charge is 0.418 e. The summed E-state index contributed by atoms with van der Waals surface area (Å²) in [4.78, 5) is 150. The molecule has 2 unspecified atom stereocenters. The number of aromatic nitrogens is 8. The number of thiazole rings is 4. The monoisotopic (exact) mass is 2010 g/mol. The van der Waals surface area contributed by atoms with Gasteiger partial charge in [-0.25, -0.2) is 39.9 Å². The van der Waals surface area contributed by atoms with Gasteiger partial charge >= 0.3 is 12.4 Å². The fourth-order valence-corrected chi connectivity index (χ4v) is 19.3. The van der Waals surface area contributed by atoms with Gasteiger partial charge in [-0.1, -0.05) is 0 Å². The zero-order valence-corrected chi connectivity index (χ0v) is 87.7. The third-order valence-electron chi connectivity index (χ3n) is 23.3. The van der Waals surface area contributed by atoms with Crippen molar-refractivity contribution in [2.45, 2.75) is 325 Å². The molecular formula is C97H136F6N20O12S4. The number of hydrogen-bond acceptors (Lipinski definition) is 28. The molecule has 139 heavy (non-hydrogen) atoms. The Hall–Kier alpha value is -10.5. The fraction of sp³-hybridized carbons (Fsp3) is 0.588. The van der Waals surface area contributed by atoms with Crippen LogP contribution in [0.5, 0.6) is 0 Å². The van der Waals surface area contributed by atoms with Crippen molar-refractivity contribution in [2.75, 3.05) is 67.1 Å². The van der Waals surface area contributed by atoms with Gasteiger partial charge in [0, 0.05) is 126 Å². The number of anilines is 4. The number of aliphatic hydroxyl groups is 4. The van der Waals surface area contributed by atoms with Gasteiger partial charge in [0.1, 0.15) is 46.0 Å². The summed E-state index contributed by atoms with van der Waals surface area (Å²) in [5, 5.41) is 62.5. The maximum Gasteiger partial charge on any atom is 0.418 e. The van der Waals surface area contributed by atoms with E-state index in [1.54, 1.807) is 69.2 Å². The van der Waals surface area contributed by atoms with Crippen LogP contribution in [0.15, 0.2) is 49.1 Å². The van der Waals surface area contributed by atoms with E-state index in [0.717, 1.165) is 119 Å². The maximum atomic E-state index is 13.5. The number of nitrogens with zero attached hydrogens (tertiary/aromatic N) is 12. The first-order chi connectivity index (χ1) is 63.9. The molecule has 4 aliphatic rings. The highest BCUT2D eigenvalue weighted by Gasteiger charge is 2.52. The number of aryl methyl sites for hydroxylation is 4. The lowest BCUT2D eigenvalue weighted by atomic mass is 10.0. The molecule has 762 valence electrons. The van der Waals surface area contributed by atoms with Crippen LogP contribution in [-0.4, -0.2) is 260 Å². The highest BCUT2D eigenvalue weighted by Crippen LogP contribution is 2.43. The van der Waals surface area contributed by atoms with Crippen molar-refractivity contribution in [3.63, 3.8) is 0 Å². The number of amides is 8. The third-order valence-corrected chi connectivity index (χ3v) is 27.6. The molecule has 0 aliphatic carbocycles. The Morgan fingerprint density at radius 2 is 0.583 bits per heavy atom. The number of alkyl halides is 6. The molecule has 8 amide bonds. The molecule has 0 saturated carbocycles. The molecule has 42 heteroatoms.